The number of nitrogens with one attached hydrogen (secondary N) is 2. The molecule has 7 nitrogen and oxygen atoms in total. The van der Waals surface area contributed by atoms with Gasteiger partial charge in [0.25, 0.3) is 0 Å². The minimum atomic E-state index is 0.415. The van der Waals surface area contributed by atoms with Crippen LogP contribution in [0.4, 0.5) is 17.5 Å². The van der Waals surface area contributed by atoms with Crippen LogP contribution in [0.1, 0.15) is 5.56 Å². The van der Waals surface area contributed by atoms with Crippen molar-refractivity contribution < 1.29 is 9.47 Å². The minimum Gasteiger partial charge on any atom is -0.497 e. The van der Waals surface area contributed by atoms with Gasteiger partial charge in [0.05, 0.1) is 19.9 Å². The molecule has 2 N–H and O–H groups in total. The summed E-state index contributed by atoms with van der Waals surface area (Å²) in [7, 11) is 1.63. The largest absolute Gasteiger partial charge is 0.497 e. The van der Waals surface area contributed by atoms with Gasteiger partial charge in [0.2, 0.25) is 5.95 Å². The highest BCUT2D eigenvalue weighted by molar-refractivity contribution is 6.31. The molecule has 0 fully saturated rings. The Morgan fingerprint density at radius 2 is 1.85 bits per heavy atom. The van der Waals surface area contributed by atoms with E-state index in [0.717, 1.165) is 22.7 Å². The first-order valence-electron chi connectivity index (χ1n) is 8.38. The molecule has 0 unspecified atom stereocenters. The first-order chi connectivity index (χ1) is 13.2. The van der Waals surface area contributed by atoms with E-state index in [1.165, 1.54) is 0 Å². The zero-order valence-electron chi connectivity index (χ0n) is 15.1. The van der Waals surface area contributed by atoms with Gasteiger partial charge < -0.3 is 20.1 Å². The fourth-order valence-corrected chi connectivity index (χ4v) is 2.50. The van der Waals surface area contributed by atoms with Crippen LogP contribution in [0.3, 0.4) is 0 Å². The van der Waals surface area contributed by atoms with E-state index < -0.39 is 0 Å². The van der Waals surface area contributed by atoms with Gasteiger partial charge in [0.1, 0.15) is 18.1 Å². The second kappa shape index (κ2) is 9.05. The number of aromatic nitrogens is 3. The molecule has 27 heavy (non-hydrogen) atoms. The molecule has 0 spiro atoms. The summed E-state index contributed by atoms with van der Waals surface area (Å²) in [6.45, 7) is 2.93. The number of rotatable bonds is 8. The molecular weight excluding hydrogens is 366 g/mol. The summed E-state index contributed by atoms with van der Waals surface area (Å²) >= 11 is 6.14. The Bertz CT molecular complexity index is 890. The number of anilines is 3. The van der Waals surface area contributed by atoms with Crippen molar-refractivity contribution >= 4 is 29.1 Å². The van der Waals surface area contributed by atoms with E-state index in [1.807, 2.05) is 49.4 Å². The number of methoxy groups -OCH3 is 1. The predicted octanol–water partition coefficient (Wildman–Crippen LogP) is 4.08. The van der Waals surface area contributed by atoms with E-state index in [4.69, 9.17) is 21.1 Å². The van der Waals surface area contributed by atoms with E-state index in [-0.39, 0.29) is 0 Å². The van der Waals surface area contributed by atoms with Crippen molar-refractivity contribution in [3.8, 4) is 11.5 Å². The molecule has 0 atom stereocenters. The first kappa shape index (κ1) is 18.7. The zero-order chi connectivity index (χ0) is 19.1. The van der Waals surface area contributed by atoms with Gasteiger partial charge in [-0.1, -0.05) is 17.7 Å². The van der Waals surface area contributed by atoms with Crippen molar-refractivity contribution in [2.75, 3.05) is 30.9 Å². The third kappa shape index (κ3) is 5.21. The van der Waals surface area contributed by atoms with Crippen LogP contribution in [0.5, 0.6) is 11.5 Å². The van der Waals surface area contributed by atoms with E-state index in [9.17, 15) is 0 Å². The number of benzene rings is 2. The molecule has 140 valence electrons. The Kier molecular flexibility index (Phi) is 6.27. The zero-order valence-corrected chi connectivity index (χ0v) is 15.8. The third-order valence-corrected chi connectivity index (χ3v) is 4.21. The number of halogens is 1. The monoisotopic (exact) mass is 385 g/mol. The number of nitrogens with zero attached hydrogens (tertiary/aromatic N) is 3. The lowest BCUT2D eigenvalue weighted by molar-refractivity contribution is 0.331. The first-order valence-corrected chi connectivity index (χ1v) is 8.76. The second-order valence-corrected chi connectivity index (χ2v) is 6.06. The Morgan fingerprint density at radius 3 is 2.63 bits per heavy atom. The van der Waals surface area contributed by atoms with Crippen molar-refractivity contribution in [2.24, 2.45) is 0 Å². The topological polar surface area (TPSA) is 81.2 Å². The van der Waals surface area contributed by atoms with E-state index >= 15 is 0 Å². The summed E-state index contributed by atoms with van der Waals surface area (Å²) in [5.74, 6) is 2.55. The van der Waals surface area contributed by atoms with Crippen LogP contribution in [0.25, 0.3) is 0 Å². The molecule has 0 radical (unpaired) electrons. The fraction of sp³-hybridized carbons (Fsp3) is 0.211. The maximum atomic E-state index is 6.14. The molecule has 0 aliphatic carbocycles. The third-order valence-electron chi connectivity index (χ3n) is 3.80. The van der Waals surface area contributed by atoms with Crippen molar-refractivity contribution in [3.63, 3.8) is 0 Å². The number of hydrogen-bond acceptors (Lipinski definition) is 7. The van der Waals surface area contributed by atoms with Crippen LogP contribution in [-0.4, -0.2) is 35.4 Å². The average molecular weight is 386 g/mol. The van der Waals surface area contributed by atoms with Crippen LogP contribution in [0.2, 0.25) is 5.02 Å². The molecule has 0 aliphatic rings. The van der Waals surface area contributed by atoms with E-state index in [1.54, 1.807) is 13.3 Å². The maximum absolute atomic E-state index is 6.14. The van der Waals surface area contributed by atoms with Gasteiger partial charge in [-0.25, -0.2) is 0 Å². The van der Waals surface area contributed by atoms with Gasteiger partial charge in [-0.3, -0.25) is 0 Å². The van der Waals surface area contributed by atoms with Crippen molar-refractivity contribution in [1.82, 2.24) is 15.2 Å². The Morgan fingerprint density at radius 1 is 1.07 bits per heavy atom. The molecule has 0 amide bonds. The molecule has 1 aromatic heterocycles. The van der Waals surface area contributed by atoms with Crippen LogP contribution < -0.4 is 20.1 Å². The molecule has 3 aromatic rings. The smallest absolute Gasteiger partial charge is 0.244 e. The molecule has 1 heterocycles. The van der Waals surface area contributed by atoms with Crippen LogP contribution in [0.15, 0.2) is 48.7 Å². The van der Waals surface area contributed by atoms with Crippen LogP contribution in [0, 0.1) is 6.92 Å². The molecule has 0 aliphatic heterocycles. The molecular formula is C19H20ClN5O2. The summed E-state index contributed by atoms with van der Waals surface area (Å²) in [5, 5.41) is 14.9. The Hall–Kier alpha value is -3.06. The van der Waals surface area contributed by atoms with Gasteiger partial charge in [-0.15, -0.1) is 5.10 Å². The van der Waals surface area contributed by atoms with E-state index in [0.29, 0.717) is 29.9 Å². The number of hydrogen-bond donors (Lipinski definition) is 2. The molecule has 8 heteroatoms. The Labute approximate surface area is 162 Å². The highest BCUT2D eigenvalue weighted by atomic mass is 35.5. The summed E-state index contributed by atoms with van der Waals surface area (Å²) < 4.78 is 10.8. The fourth-order valence-electron chi connectivity index (χ4n) is 2.32. The highest BCUT2D eigenvalue weighted by Gasteiger charge is 2.05. The summed E-state index contributed by atoms with van der Waals surface area (Å²) in [6, 6.07) is 13.1. The van der Waals surface area contributed by atoms with Crippen molar-refractivity contribution in [3.05, 3.63) is 59.2 Å². The van der Waals surface area contributed by atoms with Gasteiger partial charge in [-0.05, 0) is 48.9 Å². The maximum Gasteiger partial charge on any atom is 0.244 e. The normalized spacial score (nSPS) is 10.3. The van der Waals surface area contributed by atoms with Gasteiger partial charge in [0.15, 0.2) is 5.82 Å². The van der Waals surface area contributed by atoms with Gasteiger partial charge in [0, 0.05) is 10.7 Å². The summed E-state index contributed by atoms with van der Waals surface area (Å²) in [6.07, 6.45) is 1.55. The average Bonchev–Trinajstić information content (AvgIpc) is 2.70. The quantitative estimate of drug-likeness (QED) is 0.565. The second-order valence-electron chi connectivity index (χ2n) is 5.65. The SMILES string of the molecule is COc1ccc(OCCNc2nncc(Nc3cccc(Cl)c3C)n2)cc1. The van der Waals surface area contributed by atoms with Crippen LogP contribution >= 0.6 is 11.6 Å². The predicted molar refractivity (Wildman–Crippen MR) is 106 cm³/mol. The van der Waals surface area contributed by atoms with Gasteiger partial charge in [-0.2, -0.15) is 10.1 Å². The number of ether oxygens (including phenoxy) is 2. The van der Waals surface area contributed by atoms with Crippen molar-refractivity contribution in [1.29, 1.82) is 0 Å². The summed E-state index contributed by atoms with van der Waals surface area (Å²) in [4.78, 5) is 4.40. The summed E-state index contributed by atoms with van der Waals surface area (Å²) in [5.41, 5.74) is 1.82. The molecule has 0 bridgehead atoms. The molecule has 0 saturated heterocycles. The minimum absolute atomic E-state index is 0.415. The van der Waals surface area contributed by atoms with Crippen LogP contribution in [-0.2, 0) is 0 Å². The molecule has 3 rings (SSSR count). The lowest BCUT2D eigenvalue weighted by atomic mass is 10.2. The Balaban J connectivity index is 1.52. The lowest BCUT2D eigenvalue weighted by Crippen LogP contribution is -2.14. The highest BCUT2D eigenvalue weighted by Crippen LogP contribution is 2.25. The van der Waals surface area contributed by atoms with E-state index in [2.05, 4.69) is 25.8 Å². The lowest BCUT2D eigenvalue weighted by Gasteiger charge is -2.11. The molecule has 0 saturated carbocycles. The van der Waals surface area contributed by atoms with Crippen molar-refractivity contribution in [2.45, 2.75) is 6.92 Å². The molecule has 2 aromatic carbocycles. The van der Waals surface area contributed by atoms with Gasteiger partial charge >= 0.3 is 0 Å². The standard InChI is InChI=1S/C19H20ClN5O2/c1-13-16(20)4-3-5-17(13)23-18-12-22-25-19(24-18)21-10-11-27-15-8-6-14(26-2)7-9-15/h3-9,12H,10-11H2,1-2H3,(H2,21,23,24,25).